The average molecular weight is 224 g/mol. The normalized spacial score (nSPS) is 20.3. The van der Waals surface area contributed by atoms with Crippen molar-refractivity contribution in [3.8, 4) is 0 Å². The van der Waals surface area contributed by atoms with Crippen LogP contribution < -0.4 is 5.73 Å². The van der Waals surface area contributed by atoms with Crippen LogP contribution in [-0.2, 0) is 4.79 Å². The molecule has 1 atom stereocenters. The van der Waals surface area contributed by atoms with E-state index in [1.54, 1.807) is 6.08 Å². The summed E-state index contributed by atoms with van der Waals surface area (Å²) < 4.78 is 0. The minimum atomic E-state index is 0.148. The van der Waals surface area contributed by atoms with Crippen LogP contribution in [0.3, 0.4) is 0 Å². The van der Waals surface area contributed by atoms with Crippen molar-refractivity contribution >= 4 is 5.91 Å². The van der Waals surface area contributed by atoms with Crippen molar-refractivity contribution in [3.05, 3.63) is 12.2 Å². The Balaban J connectivity index is 2.29. The maximum absolute atomic E-state index is 11.8. The Bertz CT molecular complexity index is 242. The van der Waals surface area contributed by atoms with Gasteiger partial charge < -0.3 is 10.6 Å². The monoisotopic (exact) mass is 224 g/mol. The standard InChI is InChI=1S/C13H24N2O/c1-3-11(2)5-4-6-13(16)15-9-7-12(14)8-10-15/h4,6,11-12H,3,5,7-10,14H2,1-2H3. The van der Waals surface area contributed by atoms with Crippen LogP contribution >= 0.6 is 0 Å². The molecule has 0 spiro atoms. The number of rotatable bonds is 4. The number of hydrogen-bond donors (Lipinski definition) is 1. The van der Waals surface area contributed by atoms with E-state index < -0.39 is 0 Å². The lowest BCUT2D eigenvalue weighted by Crippen LogP contribution is -2.42. The van der Waals surface area contributed by atoms with Crippen LogP contribution in [0.25, 0.3) is 0 Å². The maximum Gasteiger partial charge on any atom is 0.246 e. The second-order valence-corrected chi connectivity index (χ2v) is 4.81. The molecule has 0 radical (unpaired) electrons. The van der Waals surface area contributed by atoms with Crippen molar-refractivity contribution in [3.63, 3.8) is 0 Å². The lowest BCUT2D eigenvalue weighted by molar-refractivity contribution is -0.127. The minimum absolute atomic E-state index is 0.148. The number of allylic oxidation sites excluding steroid dienone is 1. The van der Waals surface area contributed by atoms with Crippen LogP contribution in [0.2, 0.25) is 0 Å². The van der Waals surface area contributed by atoms with Gasteiger partial charge in [0.15, 0.2) is 0 Å². The first-order valence-corrected chi connectivity index (χ1v) is 6.34. The molecular formula is C13H24N2O. The quantitative estimate of drug-likeness (QED) is 0.742. The molecule has 1 amide bonds. The largest absolute Gasteiger partial charge is 0.339 e. The molecule has 16 heavy (non-hydrogen) atoms. The molecule has 3 heteroatoms. The van der Waals surface area contributed by atoms with Crippen molar-refractivity contribution in [2.75, 3.05) is 13.1 Å². The molecule has 0 aliphatic carbocycles. The molecular weight excluding hydrogens is 200 g/mol. The molecule has 0 aromatic carbocycles. The van der Waals surface area contributed by atoms with Crippen molar-refractivity contribution in [2.45, 2.75) is 45.6 Å². The number of nitrogens with zero attached hydrogens (tertiary/aromatic N) is 1. The van der Waals surface area contributed by atoms with Crippen LogP contribution in [0.15, 0.2) is 12.2 Å². The zero-order valence-corrected chi connectivity index (χ0v) is 10.5. The second kappa shape index (κ2) is 6.69. The van der Waals surface area contributed by atoms with E-state index in [0.29, 0.717) is 5.92 Å². The lowest BCUT2D eigenvalue weighted by Gasteiger charge is -2.29. The highest BCUT2D eigenvalue weighted by atomic mass is 16.2. The topological polar surface area (TPSA) is 46.3 Å². The molecule has 1 rings (SSSR count). The average Bonchev–Trinajstić information content (AvgIpc) is 2.29. The summed E-state index contributed by atoms with van der Waals surface area (Å²) in [7, 11) is 0. The van der Waals surface area contributed by atoms with E-state index in [-0.39, 0.29) is 11.9 Å². The molecule has 1 aliphatic heterocycles. The van der Waals surface area contributed by atoms with Gasteiger partial charge in [-0.25, -0.2) is 0 Å². The predicted molar refractivity (Wildman–Crippen MR) is 67.0 cm³/mol. The Kier molecular flexibility index (Phi) is 5.53. The van der Waals surface area contributed by atoms with E-state index in [1.165, 1.54) is 0 Å². The third-order valence-electron chi connectivity index (χ3n) is 3.35. The molecule has 0 aromatic heterocycles. The fraction of sp³-hybridized carbons (Fsp3) is 0.769. The highest BCUT2D eigenvalue weighted by molar-refractivity contribution is 5.87. The number of carbonyl (C=O) groups is 1. The number of carbonyl (C=O) groups excluding carboxylic acids is 1. The maximum atomic E-state index is 11.8. The lowest BCUT2D eigenvalue weighted by atomic mass is 10.0. The first kappa shape index (κ1) is 13.2. The van der Waals surface area contributed by atoms with Gasteiger partial charge >= 0.3 is 0 Å². The van der Waals surface area contributed by atoms with Crippen LogP contribution in [-0.4, -0.2) is 29.9 Å². The van der Waals surface area contributed by atoms with Crippen molar-refractivity contribution in [2.24, 2.45) is 11.7 Å². The van der Waals surface area contributed by atoms with Gasteiger partial charge in [-0.1, -0.05) is 26.3 Å². The first-order chi connectivity index (χ1) is 7.63. The van der Waals surface area contributed by atoms with E-state index in [4.69, 9.17) is 5.73 Å². The van der Waals surface area contributed by atoms with Crippen molar-refractivity contribution in [1.29, 1.82) is 0 Å². The molecule has 0 aromatic rings. The van der Waals surface area contributed by atoms with E-state index >= 15 is 0 Å². The molecule has 92 valence electrons. The van der Waals surface area contributed by atoms with Crippen molar-refractivity contribution < 1.29 is 4.79 Å². The van der Waals surface area contributed by atoms with Gasteiger partial charge in [-0.15, -0.1) is 0 Å². The van der Waals surface area contributed by atoms with Gasteiger partial charge in [-0.3, -0.25) is 4.79 Å². The summed E-state index contributed by atoms with van der Waals surface area (Å²) in [5, 5.41) is 0. The molecule has 1 aliphatic rings. The fourth-order valence-corrected chi connectivity index (χ4v) is 1.79. The van der Waals surface area contributed by atoms with Gasteiger partial charge in [-0.2, -0.15) is 0 Å². The molecule has 0 saturated carbocycles. The Morgan fingerprint density at radius 2 is 2.12 bits per heavy atom. The summed E-state index contributed by atoms with van der Waals surface area (Å²) >= 11 is 0. The Morgan fingerprint density at radius 1 is 1.50 bits per heavy atom. The zero-order chi connectivity index (χ0) is 12.0. The molecule has 2 N–H and O–H groups in total. The fourth-order valence-electron chi connectivity index (χ4n) is 1.79. The number of nitrogens with two attached hydrogens (primary N) is 1. The minimum Gasteiger partial charge on any atom is -0.339 e. The third kappa shape index (κ3) is 4.35. The van der Waals surface area contributed by atoms with E-state index in [1.807, 2.05) is 11.0 Å². The summed E-state index contributed by atoms with van der Waals surface area (Å²) in [5.41, 5.74) is 5.80. The number of hydrogen-bond acceptors (Lipinski definition) is 2. The molecule has 0 bridgehead atoms. The second-order valence-electron chi connectivity index (χ2n) is 4.81. The predicted octanol–water partition coefficient (Wildman–Crippen LogP) is 1.93. The van der Waals surface area contributed by atoms with Gasteiger partial charge in [0, 0.05) is 19.1 Å². The number of amides is 1. The summed E-state index contributed by atoms with van der Waals surface area (Å²) in [4.78, 5) is 13.7. The van der Waals surface area contributed by atoms with E-state index in [0.717, 1.165) is 38.8 Å². The SMILES string of the molecule is CCC(C)CC=CC(=O)N1CCC(N)CC1. The summed E-state index contributed by atoms with van der Waals surface area (Å²) in [6.45, 7) is 6.00. The van der Waals surface area contributed by atoms with Gasteiger partial charge in [0.2, 0.25) is 5.91 Å². The first-order valence-electron chi connectivity index (χ1n) is 6.34. The van der Waals surface area contributed by atoms with Crippen molar-refractivity contribution in [1.82, 2.24) is 4.90 Å². The van der Waals surface area contributed by atoms with Crippen LogP contribution in [0, 0.1) is 5.92 Å². The Labute approximate surface area is 98.7 Å². The molecule has 3 nitrogen and oxygen atoms in total. The van der Waals surface area contributed by atoms with Crippen LogP contribution in [0.4, 0.5) is 0 Å². The van der Waals surface area contributed by atoms with Gasteiger partial charge in [-0.05, 0) is 31.3 Å². The third-order valence-corrected chi connectivity index (χ3v) is 3.35. The summed E-state index contributed by atoms with van der Waals surface area (Å²) in [6, 6.07) is 0.285. The summed E-state index contributed by atoms with van der Waals surface area (Å²) in [6.07, 6.45) is 7.76. The molecule has 1 saturated heterocycles. The molecule has 1 fully saturated rings. The van der Waals surface area contributed by atoms with E-state index in [9.17, 15) is 4.79 Å². The Morgan fingerprint density at radius 3 is 2.69 bits per heavy atom. The Hall–Kier alpha value is -0.830. The highest BCUT2D eigenvalue weighted by Gasteiger charge is 2.18. The van der Waals surface area contributed by atoms with Crippen LogP contribution in [0.1, 0.15) is 39.5 Å². The van der Waals surface area contributed by atoms with Gasteiger partial charge in [0.1, 0.15) is 0 Å². The molecule has 1 heterocycles. The van der Waals surface area contributed by atoms with Crippen LogP contribution in [0.5, 0.6) is 0 Å². The highest BCUT2D eigenvalue weighted by Crippen LogP contribution is 2.10. The zero-order valence-electron chi connectivity index (χ0n) is 10.5. The number of likely N-dealkylation sites (tertiary alicyclic amines) is 1. The van der Waals surface area contributed by atoms with Gasteiger partial charge in [0.25, 0.3) is 0 Å². The molecule has 1 unspecified atom stereocenters. The number of piperidine rings is 1. The van der Waals surface area contributed by atoms with E-state index in [2.05, 4.69) is 13.8 Å². The van der Waals surface area contributed by atoms with Gasteiger partial charge in [0.05, 0.1) is 0 Å². The summed E-state index contributed by atoms with van der Waals surface area (Å²) in [5.74, 6) is 0.814. The smallest absolute Gasteiger partial charge is 0.246 e.